The SMILES string of the molecule is CCOC(C)c1noc(C2(CC)CCCN2)n1. The smallest absolute Gasteiger partial charge is 0.247 e. The molecule has 5 nitrogen and oxygen atoms in total. The van der Waals surface area contributed by atoms with Gasteiger partial charge < -0.3 is 14.6 Å². The summed E-state index contributed by atoms with van der Waals surface area (Å²) in [5, 5.41) is 7.50. The van der Waals surface area contributed by atoms with Gasteiger partial charge >= 0.3 is 0 Å². The van der Waals surface area contributed by atoms with Gasteiger partial charge in [0, 0.05) is 6.61 Å². The van der Waals surface area contributed by atoms with E-state index in [4.69, 9.17) is 9.26 Å². The van der Waals surface area contributed by atoms with E-state index in [1.807, 2.05) is 13.8 Å². The molecule has 0 aliphatic carbocycles. The Balaban J connectivity index is 2.16. The van der Waals surface area contributed by atoms with Gasteiger partial charge in [-0.3, -0.25) is 0 Å². The highest BCUT2D eigenvalue weighted by Gasteiger charge is 2.39. The lowest BCUT2D eigenvalue weighted by atomic mass is 9.94. The van der Waals surface area contributed by atoms with Crippen LogP contribution in [0.15, 0.2) is 4.52 Å². The van der Waals surface area contributed by atoms with Crippen molar-refractivity contribution < 1.29 is 9.26 Å². The van der Waals surface area contributed by atoms with E-state index in [9.17, 15) is 0 Å². The number of nitrogens with zero attached hydrogens (tertiary/aromatic N) is 2. The molecule has 1 N–H and O–H groups in total. The number of rotatable bonds is 5. The largest absolute Gasteiger partial charge is 0.371 e. The lowest BCUT2D eigenvalue weighted by molar-refractivity contribution is 0.0683. The number of nitrogens with one attached hydrogen (secondary N) is 1. The number of ether oxygens (including phenoxy) is 1. The molecule has 1 aromatic rings. The van der Waals surface area contributed by atoms with E-state index in [1.165, 1.54) is 0 Å². The zero-order valence-electron chi connectivity index (χ0n) is 10.8. The molecule has 2 heterocycles. The summed E-state index contributed by atoms with van der Waals surface area (Å²) in [6.45, 7) is 7.73. The molecule has 0 radical (unpaired) electrons. The maximum absolute atomic E-state index is 5.47. The molecular formula is C12H21N3O2. The Bertz CT molecular complexity index is 358. The summed E-state index contributed by atoms with van der Waals surface area (Å²) in [4.78, 5) is 4.49. The lowest BCUT2D eigenvalue weighted by Gasteiger charge is -2.22. The maximum Gasteiger partial charge on any atom is 0.247 e. The highest BCUT2D eigenvalue weighted by Crippen LogP contribution is 2.33. The monoisotopic (exact) mass is 239 g/mol. The number of aromatic nitrogens is 2. The third-order valence-electron chi connectivity index (χ3n) is 3.48. The van der Waals surface area contributed by atoms with E-state index >= 15 is 0 Å². The van der Waals surface area contributed by atoms with Gasteiger partial charge in [0.1, 0.15) is 6.10 Å². The van der Waals surface area contributed by atoms with E-state index in [0.29, 0.717) is 18.3 Å². The van der Waals surface area contributed by atoms with E-state index in [0.717, 1.165) is 25.8 Å². The highest BCUT2D eigenvalue weighted by atomic mass is 16.5. The second-order valence-corrected chi connectivity index (χ2v) is 4.52. The Morgan fingerprint density at radius 2 is 2.35 bits per heavy atom. The minimum Gasteiger partial charge on any atom is -0.371 e. The Morgan fingerprint density at radius 1 is 1.53 bits per heavy atom. The van der Waals surface area contributed by atoms with Gasteiger partial charge in [0.05, 0.1) is 5.54 Å². The average molecular weight is 239 g/mol. The van der Waals surface area contributed by atoms with Gasteiger partial charge in [-0.25, -0.2) is 0 Å². The third kappa shape index (κ3) is 2.35. The van der Waals surface area contributed by atoms with Gasteiger partial charge in [-0.1, -0.05) is 12.1 Å². The molecular weight excluding hydrogens is 218 g/mol. The molecule has 1 fully saturated rings. The van der Waals surface area contributed by atoms with Crippen LogP contribution in [0.5, 0.6) is 0 Å². The van der Waals surface area contributed by atoms with Crippen molar-refractivity contribution in [3.63, 3.8) is 0 Å². The van der Waals surface area contributed by atoms with Crippen LogP contribution in [0, 0.1) is 0 Å². The summed E-state index contributed by atoms with van der Waals surface area (Å²) in [6.07, 6.45) is 3.09. The van der Waals surface area contributed by atoms with Crippen molar-refractivity contribution in [1.29, 1.82) is 0 Å². The quantitative estimate of drug-likeness (QED) is 0.853. The third-order valence-corrected chi connectivity index (χ3v) is 3.48. The van der Waals surface area contributed by atoms with Crippen molar-refractivity contribution in [2.75, 3.05) is 13.2 Å². The van der Waals surface area contributed by atoms with Gasteiger partial charge in [-0.05, 0) is 39.7 Å². The summed E-state index contributed by atoms with van der Waals surface area (Å²) in [7, 11) is 0. The van der Waals surface area contributed by atoms with Crippen LogP contribution in [-0.2, 0) is 10.3 Å². The molecule has 17 heavy (non-hydrogen) atoms. The van der Waals surface area contributed by atoms with Crippen LogP contribution >= 0.6 is 0 Å². The summed E-state index contributed by atoms with van der Waals surface area (Å²) < 4.78 is 10.9. The first kappa shape index (κ1) is 12.5. The van der Waals surface area contributed by atoms with Gasteiger partial charge in [0.15, 0.2) is 5.82 Å². The second kappa shape index (κ2) is 5.14. The first-order valence-corrected chi connectivity index (χ1v) is 6.42. The zero-order chi connectivity index (χ0) is 12.3. The average Bonchev–Trinajstić information content (AvgIpc) is 2.99. The minimum atomic E-state index is -0.114. The molecule has 0 bridgehead atoms. The topological polar surface area (TPSA) is 60.2 Å². The fourth-order valence-electron chi connectivity index (χ4n) is 2.36. The van der Waals surface area contributed by atoms with Crippen molar-refractivity contribution in [2.24, 2.45) is 0 Å². The molecule has 2 unspecified atom stereocenters. The van der Waals surface area contributed by atoms with Crippen LogP contribution < -0.4 is 5.32 Å². The minimum absolute atomic E-state index is 0.104. The Kier molecular flexibility index (Phi) is 3.79. The number of hydrogen-bond donors (Lipinski definition) is 1. The van der Waals surface area contributed by atoms with Crippen molar-refractivity contribution in [2.45, 2.75) is 51.7 Å². The molecule has 0 saturated carbocycles. The van der Waals surface area contributed by atoms with Crippen molar-refractivity contribution in [1.82, 2.24) is 15.5 Å². The van der Waals surface area contributed by atoms with Crippen LogP contribution in [0.4, 0.5) is 0 Å². The molecule has 0 aromatic carbocycles. The molecule has 5 heteroatoms. The van der Waals surface area contributed by atoms with Crippen molar-refractivity contribution in [3.8, 4) is 0 Å². The van der Waals surface area contributed by atoms with Gasteiger partial charge in [0.25, 0.3) is 0 Å². The van der Waals surface area contributed by atoms with Crippen LogP contribution in [0.2, 0.25) is 0 Å². The molecule has 1 aliphatic heterocycles. The number of hydrogen-bond acceptors (Lipinski definition) is 5. The van der Waals surface area contributed by atoms with Crippen molar-refractivity contribution >= 4 is 0 Å². The van der Waals surface area contributed by atoms with Gasteiger partial charge in [-0.15, -0.1) is 0 Å². The standard InChI is InChI=1S/C12H21N3O2/c1-4-12(7-6-8-13-12)11-14-10(15-17-11)9(3)16-5-2/h9,13H,4-8H2,1-3H3. The Labute approximate surface area is 102 Å². The highest BCUT2D eigenvalue weighted by molar-refractivity contribution is 5.06. The van der Waals surface area contributed by atoms with Crippen LogP contribution in [0.25, 0.3) is 0 Å². The lowest BCUT2D eigenvalue weighted by Crippen LogP contribution is -2.36. The first-order chi connectivity index (χ1) is 8.22. The second-order valence-electron chi connectivity index (χ2n) is 4.52. The molecule has 0 spiro atoms. The molecule has 0 amide bonds. The normalized spacial score (nSPS) is 26.3. The van der Waals surface area contributed by atoms with Gasteiger partial charge in [0.2, 0.25) is 5.89 Å². The summed E-state index contributed by atoms with van der Waals surface area (Å²) in [6, 6.07) is 0. The molecule has 96 valence electrons. The first-order valence-electron chi connectivity index (χ1n) is 6.42. The zero-order valence-corrected chi connectivity index (χ0v) is 10.8. The van der Waals surface area contributed by atoms with Crippen LogP contribution in [0.1, 0.15) is 57.9 Å². The molecule has 1 aromatic heterocycles. The van der Waals surface area contributed by atoms with E-state index in [-0.39, 0.29) is 11.6 Å². The van der Waals surface area contributed by atoms with Gasteiger partial charge in [-0.2, -0.15) is 4.98 Å². The summed E-state index contributed by atoms with van der Waals surface area (Å²) >= 11 is 0. The van der Waals surface area contributed by atoms with E-state index in [1.54, 1.807) is 0 Å². The summed E-state index contributed by atoms with van der Waals surface area (Å²) in [5.41, 5.74) is -0.114. The predicted molar refractivity (Wildman–Crippen MR) is 63.5 cm³/mol. The molecule has 2 rings (SSSR count). The molecule has 1 saturated heterocycles. The van der Waals surface area contributed by atoms with E-state index < -0.39 is 0 Å². The molecule has 2 atom stereocenters. The Morgan fingerprint density at radius 3 is 2.94 bits per heavy atom. The van der Waals surface area contributed by atoms with Crippen LogP contribution in [-0.4, -0.2) is 23.3 Å². The molecule has 1 aliphatic rings. The summed E-state index contributed by atoms with van der Waals surface area (Å²) in [5.74, 6) is 1.35. The van der Waals surface area contributed by atoms with Crippen LogP contribution in [0.3, 0.4) is 0 Å². The fraction of sp³-hybridized carbons (Fsp3) is 0.833. The predicted octanol–water partition coefficient (Wildman–Crippen LogP) is 2.16. The fourth-order valence-corrected chi connectivity index (χ4v) is 2.36. The van der Waals surface area contributed by atoms with Crippen molar-refractivity contribution in [3.05, 3.63) is 11.7 Å². The Hall–Kier alpha value is -0.940. The maximum atomic E-state index is 5.47. The van der Waals surface area contributed by atoms with E-state index in [2.05, 4.69) is 22.4 Å².